The van der Waals surface area contributed by atoms with Gasteiger partial charge in [-0.05, 0) is 41.7 Å². The van der Waals surface area contributed by atoms with E-state index in [-0.39, 0.29) is 6.04 Å². The summed E-state index contributed by atoms with van der Waals surface area (Å²) in [7, 11) is 3.32. The first-order valence-electron chi connectivity index (χ1n) is 7.29. The molecule has 0 heterocycles. The molecule has 110 valence electrons. The van der Waals surface area contributed by atoms with Gasteiger partial charge in [-0.2, -0.15) is 0 Å². The Morgan fingerprint density at radius 3 is 2.38 bits per heavy atom. The van der Waals surface area contributed by atoms with Crippen molar-refractivity contribution >= 4 is 0 Å². The Morgan fingerprint density at radius 2 is 1.71 bits per heavy atom. The molecule has 2 aromatic rings. The van der Waals surface area contributed by atoms with Crippen molar-refractivity contribution in [3.63, 3.8) is 0 Å². The van der Waals surface area contributed by atoms with Crippen LogP contribution in [0.1, 0.15) is 35.1 Å². The first-order valence-corrected chi connectivity index (χ1v) is 7.29. The topological polar surface area (TPSA) is 44.5 Å². The Kier molecular flexibility index (Phi) is 3.84. The molecule has 3 nitrogen and oxygen atoms in total. The van der Waals surface area contributed by atoms with Crippen molar-refractivity contribution in [2.75, 3.05) is 14.2 Å². The van der Waals surface area contributed by atoms with Crippen LogP contribution in [0, 0.1) is 0 Å². The van der Waals surface area contributed by atoms with Crippen LogP contribution >= 0.6 is 0 Å². The molecule has 0 saturated heterocycles. The lowest BCUT2D eigenvalue weighted by molar-refractivity contribution is 0.391. The molecule has 3 heteroatoms. The van der Waals surface area contributed by atoms with Crippen LogP contribution in [0.15, 0.2) is 42.5 Å². The number of hydrogen-bond donors (Lipinski definition) is 1. The van der Waals surface area contributed by atoms with E-state index < -0.39 is 0 Å². The second-order valence-corrected chi connectivity index (χ2v) is 5.52. The monoisotopic (exact) mass is 283 g/mol. The quantitative estimate of drug-likeness (QED) is 0.935. The number of ether oxygens (including phenoxy) is 2. The van der Waals surface area contributed by atoms with Crippen LogP contribution < -0.4 is 15.2 Å². The van der Waals surface area contributed by atoms with Crippen LogP contribution in [0.3, 0.4) is 0 Å². The third-order valence-electron chi connectivity index (χ3n) is 4.37. The van der Waals surface area contributed by atoms with E-state index in [2.05, 4.69) is 24.3 Å². The predicted octanol–water partition coefficient (Wildman–Crippen LogP) is 3.43. The smallest absolute Gasteiger partial charge is 0.122 e. The number of hydrogen-bond acceptors (Lipinski definition) is 3. The Morgan fingerprint density at radius 1 is 1.05 bits per heavy atom. The first kappa shape index (κ1) is 14.0. The number of benzene rings is 2. The summed E-state index contributed by atoms with van der Waals surface area (Å²) in [6.45, 7) is 0. The lowest BCUT2D eigenvalue weighted by atomic mass is 9.89. The van der Waals surface area contributed by atoms with E-state index in [0.717, 1.165) is 29.9 Å². The highest BCUT2D eigenvalue weighted by molar-refractivity contribution is 5.43. The Hall–Kier alpha value is -2.00. The van der Waals surface area contributed by atoms with E-state index in [9.17, 15) is 0 Å². The van der Waals surface area contributed by atoms with Gasteiger partial charge in [-0.1, -0.05) is 24.3 Å². The molecule has 0 radical (unpaired) electrons. The van der Waals surface area contributed by atoms with Crippen molar-refractivity contribution in [1.29, 1.82) is 0 Å². The van der Waals surface area contributed by atoms with Gasteiger partial charge in [0.05, 0.1) is 14.2 Å². The molecule has 0 fully saturated rings. The summed E-state index contributed by atoms with van der Waals surface area (Å²) in [5, 5.41) is 0. The van der Waals surface area contributed by atoms with Gasteiger partial charge in [0.25, 0.3) is 0 Å². The fraction of sp³-hybridized carbons (Fsp3) is 0.333. The number of aryl methyl sites for hydroxylation is 1. The van der Waals surface area contributed by atoms with E-state index in [0.29, 0.717) is 5.92 Å². The van der Waals surface area contributed by atoms with Gasteiger partial charge in [0.2, 0.25) is 0 Å². The molecule has 2 atom stereocenters. The van der Waals surface area contributed by atoms with E-state index in [1.54, 1.807) is 14.2 Å². The van der Waals surface area contributed by atoms with Gasteiger partial charge < -0.3 is 15.2 Å². The third-order valence-corrected chi connectivity index (χ3v) is 4.37. The zero-order valence-corrected chi connectivity index (χ0v) is 12.5. The standard InChI is InChI=1S/C18H21NO2/c1-20-14-9-13(10-15(11-14)21-2)18(19)17-8-7-12-5-3-4-6-16(12)17/h3-6,9-11,17-18H,7-8,19H2,1-2H3. The molecule has 0 spiro atoms. The number of rotatable bonds is 4. The summed E-state index contributed by atoms with van der Waals surface area (Å²) in [6.07, 6.45) is 2.20. The predicted molar refractivity (Wildman–Crippen MR) is 84.0 cm³/mol. The van der Waals surface area contributed by atoms with Crippen molar-refractivity contribution in [3.8, 4) is 11.5 Å². The minimum atomic E-state index is -0.0438. The van der Waals surface area contributed by atoms with Crippen molar-refractivity contribution in [3.05, 3.63) is 59.2 Å². The molecule has 0 aromatic heterocycles. The van der Waals surface area contributed by atoms with Gasteiger partial charge in [-0.15, -0.1) is 0 Å². The van der Waals surface area contributed by atoms with Crippen LogP contribution in [0.4, 0.5) is 0 Å². The molecule has 1 aliphatic carbocycles. The van der Waals surface area contributed by atoms with Gasteiger partial charge in [-0.3, -0.25) is 0 Å². The largest absolute Gasteiger partial charge is 0.497 e. The SMILES string of the molecule is COc1cc(OC)cc(C(N)C2CCc3ccccc32)c1. The highest BCUT2D eigenvalue weighted by Crippen LogP contribution is 2.41. The van der Waals surface area contributed by atoms with Gasteiger partial charge >= 0.3 is 0 Å². The molecule has 0 saturated carbocycles. The molecule has 0 bridgehead atoms. The molecular formula is C18H21NO2. The molecule has 1 aliphatic rings. The Balaban J connectivity index is 1.94. The van der Waals surface area contributed by atoms with Crippen LogP contribution in [0.2, 0.25) is 0 Å². The Bertz CT molecular complexity index is 617. The molecule has 0 amide bonds. The average molecular weight is 283 g/mol. The maximum atomic E-state index is 6.55. The van der Waals surface area contributed by atoms with E-state index in [1.807, 2.05) is 18.2 Å². The lowest BCUT2D eigenvalue weighted by Gasteiger charge is -2.22. The lowest BCUT2D eigenvalue weighted by Crippen LogP contribution is -2.18. The summed E-state index contributed by atoms with van der Waals surface area (Å²) < 4.78 is 10.7. The molecule has 21 heavy (non-hydrogen) atoms. The van der Waals surface area contributed by atoms with Crippen LogP contribution in [-0.4, -0.2) is 14.2 Å². The summed E-state index contributed by atoms with van der Waals surface area (Å²) in [5.74, 6) is 1.93. The summed E-state index contributed by atoms with van der Waals surface area (Å²) in [6, 6.07) is 14.4. The van der Waals surface area contributed by atoms with E-state index in [1.165, 1.54) is 11.1 Å². The second-order valence-electron chi connectivity index (χ2n) is 5.52. The molecule has 2 aromatic carbocycles. The number of fused-ring (bicyclic) bond motifs is 1. The minimum absolute atomic E-state index is 0.0438. The zero-order chi connectivity index (χ0) is 14.8. The summed E-state index contributed by atoms with van der Waals surface area (Å²) >= 11 is 0. The average Bonchev–Trinajstić information content (AvgIpc) is 2.97. The molecule has 3 rings (SSSR count). The van der Waals surface area contributed by atoms with Gasteiger partial charge in [-0.25, -0.2) is 0 Å². The molecule has 2 unspecified atom stereocenters. The third kappa shape index (κ3) is 2.61. The van der Waals surface area contributed by atoms with Crippen molar-refractivity contribution < 1.29 is 9.47 Å². The maximum Gasteiger partial charge on any atom is 0.122 e. The van der Waals surface area contributed by atoms with E-state index in [4.69, 9.17) is 15.2 Å². The molecule has 2 N–H and O–H groups in total. The molecular weight excluding hydrogens is 262 g/mol. The van der Waals surface area contributed by atoms with Crippen molar-refractivity contribution in [1.82, 2.24) is 0 Å². The summed E-state index contributed by atoms with van der Waals surface area (Å²) in [4.78, 5) is 0. The van der Waals surface area contributed by atoms with Gasteiger partial charge in [0.1, 0.15) is 11.5 Å². The zero-order valence-electron chi connectivity index (χ0n) is 12.5. The van der Waals surface area contributed by atoms with Crippen molar-refractivity contribution in [2.45, 2.75) is 24.8 Å². The highest BCUT2D eigenvalue weighted by Gasteiger charge is 2.28. The molecule has 0 aliphatic heterocycles. The van der Waals surface area contributed by atoms with Gasteiger partial charge in [0, 0.05) is 18.0 Å². The number of methoxy groups -OCH3 is 2. The van der Waals surface area contributed by atoms with Crippen LogP contribution in [0.5, 0.6) is 11.5 Å². The summed E-state index contributed by atoms with van der Waals surface area (Å²) in [5.41, 5.74) is 10.4. The Labute approximate surface area is 125 Å². The second kappa shape index (κ2) is 5.78. The first-order chi connectivity index (χ1) is 10.2. The number of nitrogens with two attached hydrogens (primary N) is 1. The minimum Gasteiger partial charge on any atom is -0.497 e. The van der Waals surface area contributed by atoms with Crippen molar-refractivity contribution in [2.24, 2.45) is 5.73 Å². The fourth-order valence-corrected chi connectivity index (χ4v) is 3.22. The van der Waals surface area contributed by atoms with Gasteiger partial charge in [0.15, 0.2) is 0 Å². The fourth-order valence-electron chi connectivity index (χ4n) is 3.22. The highest BCUT2D eigenvalue weighted by atomic mass is 16.5. The van der Waals surface area contributed by atoms with E-state index >= 15 is 0 Å². The van der Waals surface area contributed by atoms with Crippen LogP contribution in [0.25, 0.3) is 0 Å². The maximum absolute atomic E-state index is 6.55. The normalized spacial score (nSPS) is 18.1. The van der Waals surface area contributed by atoms with Crippen LogP contribution in [-0.2, 0) is 6.42 Å².